The molecule has 1 heterocycles. The highest BCUT2D eigenvalue weighted by Gasteiger charge is 2.56. The normalized spacial score (nSPS) is 35.0. The van der Waals surface area contributed by atoms with Gasteiger partial charge in [-0.1, -0.05) is 12.1 Å². The van der Waals surface area contributed by atoms with Gasteiger partial charge in [-0.25, -0.2) is 0 Å². The highest BCUT2D eigenvalue weighted by molar-refractivity contribution is 5.99. The molecule has 156 valence electrons. The summed E-state index contributed by atoms with van der Waals surface area (Å²) in [5.41, 5.74) is 0.509. The molecule has 0 aromatic heterocycles. The van der Waals surface area contributed by atoms with Crippen molar-refractivity contribution in [2.45, 2.75) is 64.3 Å². The van der Waals surface area contributed by atoms with E-state index in [1.165, 1.54) is 19.3 Å². The van der Waals surface area contributed by atoms with E-state index in [2.05, 4.69) is 5.32 Å². The Morgan fingerprint density at radius 3 is 2.41 bits per heavy atom. The van der Waals surface area contributed by atoms with E-state index in [1.807, 2.05) is 36.1 Å². The van der Waals surface area contributed by atoms with Gasteiger partial charge >= 0.3 is 0 Å². The van der Waals surface area contributed by atoms with Gasteiger partial charge in [0.2, 0.25) is 11.8 Å². The molecule has 2 amide bonds. The number of amides is 2. The van der Waals surface area contributed by atoms with Crippen molar-refractivity contribution in [3.8, 4) is 5.75 Å². The molecule has 5 fully saturated rings. The van der Waals surface area contributed by atoms with Gasteiger partial charge in [0, 0.05) is 6.54 Å². The van der Waals surface area contributed by atoms with Crippen LogP contribution in [0, 0.1) is 23.2 Å². The third-order valence-electron chi connectivity index (χ3n) is 7.75. The molecular weight excluding hydrogens is 364 g/mol. The Kier molecular flexibility index (Phi) is 4.79. The lowest BCUT2D eigenvalue weighted by Crippen LogP contribution is -2.56. The van der Waals surface area contributed by atoms with E-state index in [9.17, 15) is 9.59 Å². The topological polar surface area (TPSA) is 58.6 Å². The fourth-order valence-corrected chi connectivity index (χ4v) is 7.03. The van der Waals surface area contributed by atoms with E-state index in [0.717, 1.165) is 49.9 Å². The molecule has 0 spiro atoms. The maximum Gasteiger partial charge on any atom is 0.247 e. The summed E-state index contributed by atoms with van der Waals surface area (Å²) in [6.45, 7) is 3.19. The third-order valence-corrected chi connectivity index (χ3v) is 7.75. The van der Waals surface area contributed by atoms with Crippen LogP contribution in [0.25, 0.3) is 0 Å². The zero-order valence-electron chi connectivity index (χ0n) is 17.4. The van der Waals surface area contributed by atoms with Crippen LogP contribution in [0.2, 0.25) is 0 Å². The lowest BCUT2D eigenvalue weighted by atomic mass is 9.49. The second kappa shape index (κ2) is 7.33. The van der Waals surface area contributed by atoms with E-state index in [-0.39, 0.29) is 23.3 Å². The molecule has 6 rings (SSSR count). The number of carbonyl (C=O) groups is 2. The Hall–Kier alpha value is -2.04. The first kappa shape index (κ1) is 19.0. The van der Waals surface area contributed by atoms with Crippen LogP contribution < -0.4 is 10.1 Å². The molecule has 1 aliphatic heterocycles. The SMILES string of the molecule is CCOc1ccccc1NC(=O)C1CCCN1C(=O)C12CC3CC(CC(C3)C1)C2. The Morgan fingerprint density at radius 1 is 1.10 bits per heavy atom. The number of benzene rings is 1. The van der Waals surface area contributed by atoms with Crippen LogP contribution in [0.5, 0.6) is 5.75 Å². The minimum atomic E-state index is -0.356. The average molecular weight is 397 g/mol. The predicted molar refractivity (Wildman–Crippen MR) is 112 cm³/mol. The largest absolute Gasteiger partial charge is 0.492 e. The summed E-state index contributed by atoms with van der Waals surface area (Å²) in [7, 11) is 0. The number of likely N-dealkylation sites (tertiary alicyclic amines) is 1. The predicted octanol–water partition coefficient (Wildman–Crippen LogP) is 4.23. The third kappa shape index (κ3) is 3.32. The number of ether oxygens (including phenoxy) is 1. The van der Waals surface area contributed by atoms with Gasteiger partial charge in [0.1, 0.15) is 11.8 Å². The fraction of sp³-hybridized carbons (Fsp3) is 0.667. The molecule has 5 aliphatic rings. The zero-order valence-corrected chi connectivity index (χ0v) is 17.4. The number of nitrogens with zero attached hydrogens (tertiary/aromatic N) is 1. The number of nitrogens with one attached hydrogen (secondary N) is 1. The minimum absolute atomic E-state index is 0.0762. The molecule has 5 heteroatoms. The monoisotopic (exact) mass is 396 g/mol. The maximum absolute atomic E-state index is 13.8. The van der Waals surface area contributed by atoms with Gasteiger partial charge in [-0.3, -0.25) is 9.59 Å². The first-order chi connectivity index (χ1) is 14.1. The standard InChI is InChI=1S/C24H32N2O3/c1-2-29-21-8-4-3-6-19(21)25-22(27)20-7-5-9-26(20)23(28)24-13-16-10-17(14-24)12-18(11-16)15-24/h3-4,6,8,16-18,20H,2,5,7,9-15H2,1H3,(H,25,27). The Labute approximate surface area is 173 Å². The first-order valence-electron chi connectivity index (χ1n) is 11.4. The van der Waals surface area contributed by atoms with Gasteiger partial charge in [-0.15, -0.1) is 0 Å². The van der Waals surface area contributed by atoms with Crippen molar-refractivity contribution in [1.29, 1.82) is 0 Å². The van der Waals surface area contributed by atoms with Crippen molar-refractivity contribution >= 4 is 17.5 Å². The van der Waals surface area contributed by atoms with E-state index in [1.54, 1.807) is 0 Å². The minimum Gasteiger partial charge on any atom is -0.492 e. The molecule has 1 saturated heterocycles. The summed E-state index contributed by atoms with van der Waals surface area (Å²) in [6.07, 6.45) is 8.78. The summed E-state index contributed by atoms with van der Waals surface area (Å²) in [5.74, 6) is 3.08. The molecule has 1 aromatic carbocycles. The van der Waals surface area contributed by atoms with Crippen LogP contribution >= 0.6 is 0 Å². The van der Waals surface area contributed by atoms with Crippen LogP contribution in [-0.4, -0.2) is 35.9 Å². The van der Waals surface area contributed by atoms with Crippen molar-refractivity contribution in [1.82, 2.24) is 4.90 Å². The maximum atomic E-state index is 13.8. The van der Waals surface area contributed by atoms with Crippen LogP contribution in [-0.2, 0) is 9.59 Å². The van der Waals surface area contributed by atoms with Gasteiger partial charge in [0.25, 0.3) is 0 Å². The Morgan fingerprint density at radius 2 is 1.76 bits per heavy atom. The number of para-hydroxylation sites is 2. The molecule has 1 atom stereocenters. The lowest BCUT2D eigenvalue weighted by Gasteiger charge is -2.56. The zero-order chi connectivity index (χ0) is 20.0. The first-order valence-corrected chi connectivity index (χ1v) is 11.4. The molecule has 1 aromatic rings. The van der Waals surface area contributed by atoms with Crippen LogP contribution in [0.4, 0.5) is 5.69 Å². The molecule has 1 N–H and O–H groups in total. The number of hydrogen-bond acceptors (Lipinski definition) is 3. The molecule has 4 saturated carbocycles. The van der Waals surface area contributed by atoms with E-state index in [4.69, 9.17) is 4.74 Å². The molecule has 4 bridgehead atoms. The number of carbonyl (C=O) groups excluding carboxylic acids is 2. The van der Waals surface area contributed by atoms with Crippen molar-refractivity contribution < 1.29 is 14.3 Å². The second-order valence-corrected chi connectivity index (χ2v) is 9.77. The van der Waals surface area contributed by atoms with E-state index in [0.29, 0.717) is 24.6 Å². The summed E-state index contributed by atoms with van der Waals surface area (Å²) < 4.78 is 5.64. The highest BCUT2D eigenvalue weighted by Crippen LogP contribution is 2.60. The molecule has 29 heavy (non-hydrogen) atoms. The smallest absolute Gasteiger partial charge is 0.247 e. The average Bonchev–Trinajstić information content (AvgIpc) is 3.18. The van der Waals surface area contributed by atoms with Crippen molar-refractivity contribution in [2.75, 3.05) is 18.5 Å². The van der Waals surface area contributed by atoms with Gasteiger partial charge in [-0.05, 0) is 88.2 Å². The number of anilines is 1. The highest BCUT2D eigenvalue weighted by atomic mass is 16.5. The number of rotatable bonds is 5. The Bertz CT molecular complexity index is 770. The lowest BCUT2D eigenvalue weighted by molar-refractivity contribution is -0.160. The van der Waals surface area contributed by atoms with Crippen molar-refractivity contribution in [3.05, 3.63) is 24.3 Å². The van der Waals surface area contributed by atoms with Crippen molar-refractivity contribution in [2.24, 2.45) is 23.2 Å². The van der Waals surface area contributed by atoms with Gasteiger partial charge in [0.15, 0.2) is 0 Å². The molecule has 0 radical (unpaired) electrons. The fourth-order valence-electron chi connectivity index (χ4n) is 7.03. The second-order valence-electron chi connectivity index (χ2n) is 9.77. The summed E-state index contributed by atoms with van der Waals surface area (Å²) in [5, 5.41) is 3.04. The van der Waals surface area contributed by atoms with Gasteiger partial charge < -0.3 is 15.0 Å². The van der Waals surface area contributed by atoms with E-state index < -0.39 is 0 Å². The molecule has 4 aliphatic carbocycles. The van der Waals surface area contributed by atoms with Crippen LogP contribution in [0.1, 0.15) is 58.3 Å². The van der Waals surface area contributed by atoms with Crippen LogP contribution in [0.15, 0.2) is 24.3 Å². The summed E-state index contributed by atoms with van der Waals surface area (Å²) in [4.78, 5) is 28.8. The summed E-state index contributed by atoms with van der Waals surface area (Å²) >= 11 is 0. The molecule has 5 nitrogen and oxygen atoms in total. The van der Waals surface area contributed by atoms with Gasteiger partial charge in [-0.2, -0.15) is 0 Å². The molecule has 1 unspecified atom stereocenters. The van der Waals surface area contributed by atoms with Gasteiger partial charge in [0.05, 0.1) is 17.7 Å². The summed E-state index contributed by atoms with van der Waals surface area (Å²) in [6, 6.07) is 7.17. The Balaban J connectivity index is 1.33. The van der Waals surface area contributed by atoms with Crippen molar-refractivity contribution in [3.63, 3.8) is 0 Å². The molecular formula is C24H32N2O3. The van der Waals surface area contributed by atoms with E-state index >= 15 is 0 Å². The number of hydrogen-bond donors (Lipinski definition) is 1. The quantitative estimate of drug-likeness (QED) is 0.810. The van der Waals surface area contributed by atoms with Crippen LogP contribution in [0.3, 0.4) is 0 Å².